The van der Waals surface area contributed by atoms with E-state index in [-0.39, 0.29) is 11.6 Å². The minimum Gasteiger partial charge on any atom is -0.333 e. The van der Waals surface area contributed by atoms with E-state index in [9.17, 15) is 18.0 Å². The third-order valence-corrected chi connectivity index (χ3v) is 3.16. The summed E-state index contributed by atoms with van der Waals surface area (Å²) in [6.07, 6.45) is 0.744. The molecule has 0 spiro atoms. The van der Waals surface area contributed by atoms with E-state index in [0.717, 1.165) is 18.6 Å². The highest BCUT2D eigenvalue weighted by Crippen LogP contribution is 2.17. The van der Waals surface area contributed by atoms with E-state index in [1.807, 2.05) is 6.92 Å². The molecule has 0 aromatic heterocycles. The summed E-state index contributed by atoms with van der Waals surface area (Å²) in [6.45, 7) is 3.75. The molecule has 19 heavy (non-hydrogen) atoms. The highest BCUT2D eigenvalue weighted by atomic mass is 19.2. The quantitative estimate of drug-likeness (QED) is 0.849. The molecular weight excluding hydrogens is 257 g/mol. The van der Waals surface area contributed by atoms with Gasteiger partial charge in [-0.15, -0.1) is 0 Å². The van der Waals surface area contributed by atoms with Crippen molar-refractivity contribution in [3.8, 4) is 0 Å². The third-order valence-electron chi connectivity index (χ3n) is 3.16. The molecule has 1 aliphatic rings. The highest BCUT2D eigenvalue weighted by Gasteiger charge is 2.29. The molecule has 0 radical (unpaired) electrons. The number of nitrogens with zero attached hydrogens (tertiary/aromatic N) is 1. The standard InChI is InChI=1S/C13H15F3N2O/c1-2-3-18(9-6-17-7-9)13(19)8-4-10(14)12(16)11(15)5-8/h4-5,9,17H,2-3,6-7H2,1H3. The lowest BCUT2D eigenvalue weighted by molar-refractivity contribution is 0.0614. The SMILES string of the molecule is CCCN(C(=O)c1cc(F)c(F)c(F)c1)C1CNC1. The Bertz CT molecular complexity index is 466. The van der Waals surface area contributed by atoms with Gasteiger partial charge >= 0.3 is 0 Å². The highest BCUT2D eigenvalue weighted by molar-refractivity contribution is 5.94. The molecule has 1 saturated heterocycles. The van der Waals surface area contributed by atoms with E-state index < -0.39 is 23.4 Å². The lowest BCUT2D eigenvalue weighted by Gasteiger charge is -2.38. The summed E-state index contributed by atoms with van der Waals surface area (Å²) in [7, 11) is 0. The monoisotopic (exact) mass is 272 g/mol. The first-order chi connectivity index (χ1) is 9.04. The molecule has 0 atom stereocenters. The molecule has 0 aliphatic carbocycles. The predicted molar refractivity (Wildman–Crippen MR) is 64.3 cm³/mol. The first kappa shape index (κ1) is 13.9. The van der Waals surface area contributed by atoms with E-state index in [0.29, 0.717) is 19.6 Å². The second kappa shape index (κ2) is 5.61. The second-order valence-electron chi connectivity index (χ2n) is 4.56. The Labute approximate surface area is 109 Å². The zero-order valence-corrected chi connectivity index (χ0v) is 10.5. The Balaban J connectivity index is 2.25. The Morgan fingerprint density at radius 1 is 1.32 bits per heavy atom. The van der Waals surface area contributed by atoms with Crippen LogP contribution in [0.4, 0.5) is 13.2 Å². The van der Waals surface area contributed by atoms with Crippen LogP contribution in [-0.4, -0.2) is 36.5 Å². The summed E-state index contributed by atoms with van der Waals surface area (Å²) in [5.74, 6) is -4.70. The van der Waals surface area contributed by atoms with Gasteiger partial charge in [-0.3, -0.25) is 4.79 Å². The van der Waals surface area contributed by atoms with Gasteiger partial charge in [0.1, 0.15) is 0 Å². The van der Waals surface area contributed by atoms with E-state index in [1.165, 1.54) is 0 Å². The van der Waals surface area contributed by atoms with Crippen LogP contribution < -0.4 is 5.32 Å². The molecular formula is C13H15F3N2O. The van der Waals surface area contributed by atoms with Crippen LogP contribution in [0, 0.1) is 17.5 Å². The minimum atomic E-state index is -1.55. The van der Waals surface area contributed by atoms with Crippen molar-refractivity contribution >= 4 is 5.91 Å². The fourth-order valence-corrected chi connectivity index (χ4v) is 2.03. The van der Waals surface area contributed by atoms with Gasteiger partial charge in [0.15, 0.2) is 17.5 Å². The van der Waals surface area contributed by atoms with Crippen molar-refractivity contribution in [1.82, 2.24) is 10.2 Å². The van der Waals surface area contributed by atoms with Gasteiger partial charge in [-0.1, -0.05) is 6.92 Å². The number of carbonyl (C=O) groups is 1. The maximum atomic E-state index is 13.1. The summed E-state index contributed by atoms with van der Waals surface area (Å²) in [5, 5.41) is 3.04. The molecule has 0 bridgehead atoms. The van der Waals surface area contributed by atoms with Gasteiger partial charge in [-0.2, -0.15) is 0 Å². The lowest BCUT2D eigenvalue weighted by atomic mass is 10.1. The topological polar surface area (TPSA) is 32.3 Å². The summed E-state index contributed by atoms with van der Waals surface area (Å²) in [6, 6.07) is 1.52. The number of rotatable bonds is 4. The number of nitrogens with one attached hydrogen (secondary N) is 1. The first-order valence-electron chi connectivity index (χ1n) is 6.20. The van der Waals surface area contributed by atoms with E-state index in [1.54, 1.807) is 4.90 Å². The van der Waals surface area contributed by atoms with Gasteiger partial charge in [-0.05, 0) is 18.6 Å². The van der Waals surface area contributed by atoms with Crippen molar-refractivity contribution in [1.29, 1.82) is 0 Å². The van der Waals surface area contributed by atoms with E-state index >= 15 is 0 Å². The van der Waals surface area contributed by atoms with Crippen molar-refractivity contribution in [2.75, 3.05) is 19.6 Å². The largest absolute Gasteiger partial charge is 0.333 e. The number of amides is 1. The average Bonchev–Trinajstić information content (AvgIpc) is 2.31. The number of carbonyl (C=O) groups excluding carboxylic acids is 1. The van der Waals surface area contributed by atoms with Crippen LogP contribution in [0.1, 0.15) is 23.7 Å². The number of hydrogen-bond acceptors (Lipinski definition) is 2. The Hall–Kier alpha value is -1.56. The van der Waals surface area contributed by atoms with Crippen LogP contribution in [0.2, 0.25) is 0 Å². The van der Waals surface area contributed by atoms with Gasteiger partial charge in [0.05, 0.1) is 6.04 Å². The number of benzene rings is 1. The molecule has 1 aliphatic heterocycles. The van der Waals surface area contributed by atoms with E-state index in [4.69, 9.17) is 0 Å². The summed E-state index contributed by atoms with van der Waals surface area (Å²) < 4.78 is 39.2. The number of hydrogen-bond donors (Lipinski definition) is 1. The van der Waals surface area contributed by atoms with Gasteiger partial charge in [0, 0.05) is 25.2 Å². The van der Waals surface area contributed by atoms with Crippen LogP contribution in [0.3, 0.4) is 0 Å². The van der Waals surface area contributed by atoms with Gasteiger partial charge in [0.2, 0.25) is 0 Å². The normalized spacial score (nSPS) is 15.2. The Morgan fingerprint density at radius 3 is 2.32 bits per heavy atom. The fourth-order valence-electron chi connectivity index (χ4n) is 2.03. The van der Waals surface area contributed by atoms with Gasteiger partial charge < -0.3 is 10.2 Å². The molecule has 1 aromatic rings. The zero-order chi connectivity index (χ0) is 14.0. The first-order valence-corrected chi connectivity index (χ1v) is 6.20. The summed E-state index contributed by atoms with van der Waals surface area (Å²) >= 11 is 0. The molecule has 1 fully saturated rings. The minimum absolute atomic E-state index is 0.0311. The second-order valence-corrected chi connectivity index (χ2v) is 4.56. The molecule has 0 saturated carbocycles. The molecule has 6 heteroatoms. The van der Waals surface area contributed by atoms with Crippen LogP contribution in [0.15, 0.2) is 12.1 Å². The molecule has 1 N–H and O–H groups in total. The summed E-state index contributed by atoms with van der Waals surface area (Å²) in [5.41, 5.74) is -0.156. The van der Waals surface area contributed by atoms with Crippen molar-refractivity contribution in [2.24, 2.45) is 0 Å². The molecule has 1 heterocycles. The number of halogens is 3. The van der Waals surface area contributed by atoms with Gasteiger partial charge in [0.25, 0.3) is 5.91 Å². The third kappa shape index (κ3) is 2.73. The van der Waals surface area contributed by atoms with E-state index in [2.05, 4.69) is 5.32 Å². The maximum Gasteiger partial charge on any atom is 0.254 e. The zero-order valence-electron chi connectivity index (χ0n) is 10.5. The molecule has 0 unspecified atom stereocenters. The van der Waals surface area contributed by atoms with Crippen LogP contribution in [0.5, 0.6) is 0 Å². The smallest absolute Gasteiger partial charge is 0.254 e. The Kier molecular flexibility index (Phi) is 4.09. The molecule has 2 rings (SSSR count). The van der Waals surface area contributed by atoms with Crippen LogP contribution >= 0.6 is 0 Å². The molecule has 1 aromatic carbocycles. The average molecular weight is 272 g/mol. The van der Waals surface area contributed by atoms with Crippen LogP contribution in [-0.2, 0) is 0 Å². The molecule has 3 nitrogen and oxygen atoms in total. The van der Waals surface area contributed by atoms with Crippen molar-refractivity contribution in [3.05, 3.63) is 35.1 Å². The maximum absolute atomic E-state index is 13.1. The van der Waals surface area contributed by atoms with Crippen LogP contribution in [0.25, 0.3) is 0 Å². The van der Waals surface area contributed by atoms with Crippen molar-refractivity contribution < 1.29 is 18.0 Å². The predicted octanol–water partition coefficient (Wildman–Crippen LogP) is 1.93. The van der Waals surface area contributed by atoms with Gasteiger partial charge in [-0.25, -0.2) is 13.2 Å². The van der Waals surface area contributed by atoms with Crippen molar-refractivity contribution in [3.63, 3.8) is 0 Å². The Morgan fingerprint density at radius 2 is 1.89 bits per heavy atom. The van der Waals surface area contributed by atoms with Crippen molar-refractivity contribution in [2.45, 2.75) is 19.4 Å². The lowest BCUT2D eigenvalue weighted by Crippen LogP contribution is -2.59. The molecule has 1 amide bonds. The fraction of sp³-hybridized carbons (Fsp3) is 0.462. The molecule has 104 valence electrons. The summed E-state index contributed by atoms with van der Waals surface area (Å²) in [4.78, 5) is 13.8.